The SMILES string of the molecule is COc1cnccc1C(=O)N(CCCBr)C(C)C. The monoisotopic (exact) mass is 314 g/mol. The minimum Gasteiger partial charge on any atom is -0.494 e. The van der Waals surface area contributed by atoms with Crippen LogP contribution in [0.2, 0.25) is 0 Å². The quantitative estimate of drug-likeness (QED) is 0.758. The second-order valence-electron chi connectivity index (χ2n) is 4.21. The fourth-order valence-electron chi connectivity index (χ4n) is 1.70. The molecule has 5 heteroatoms. The number of carbonyl (C=O) groups excluding carboxylic acids is 1. The van der Waals surface area contributed by atoms with Gasteiger partial charge in [0.15, 0.2) is 0 Å². The standard InChI is InChI=1S/C13H19BrN2O2/c1-10(2)16(8-4-6-14)13(17)11-5-7-15-9-12(11)18-3/h5,7,9-10H,4,6,8H2,1-3H3. The van der Waals surface area contributed by atoms with Crippen LogP contribution in [0.3, 0.4) is 0 Å². The summed E-state index contributed by atoms with van der Waals surface area (Å²) >= 11 is 3.39. The first-order chi connectivity index (χ1) is 8.61. The normalized spacial score (nSPS) is 10.5. The van der Waals surface area contributed by atoms with Crippen LogP contribution in [0.5, 0.6) is 5.75 Å². The van der Waals surface area contributed by atoms with E-state index in [0.29, 0.717) is 11.3 Å². The van der Waals surface area contributed by atoms with Gasteiger partial charge < -0.3 is 9.64 Å². The highest BCUT2D eigenvalue weighted by atomic mass is 79.9. The molecule has 0 unspecified atom stereocenters. The van der Waals surface area contributed by atoms with E-state index in [-0.39, 0.29) is 11.9 Å². The molecule has 100 valence electrons. The Morgan fingerprint density at radius 3 is 2.83 bits per heavy atom. The van der Waals surface area contributed by atoms with Gasteiger partial charge in [-0.1, -0.05) is 15.9 Å². The Labute approximate surface area is 116 Å². The molecule has 0 saturated carbocycles. The van der Waals surface area contributed by atoms with E-state index < -0.39 is 0 Å². The van der Waals surface area contributed by atoms with Gasteiger partial charge in [-0.05, 0) is 26.3 Å². The highest BCUT2D eigenvalue weighted by Gasteiger charge is 2.21. The van der Waals surface area contributed by atoms with E-state index in [4.69, 9.17) is 4.74 Å². The van der Waals surface area contributed by atoms with Crippen LogP contribution in [-0.4, -0.2) is 40.8 Å². The number of pyridine rings is 1. The maximum absolute atomic E-state index is 12.5. The minimum absolute atomic E-state index is 0.00907. The lowest BCUT2D eigenvalue weighted by atomic mass is 10.2. The molecule has 0 aliphatic carbocycles. The molecule has 0 aliphatic heterocycles. The number of halogens is 1. The summed E-state index contributed by atoms with van der Waals surface area (Å²) in [5, 5.41) is 0.886. The molecule has 1 rings (SSSR count). The van der Waals surface area contributed by atoms with Gasteiger partial charge in [0.05, 0.1) is 18.9 Å². The minimum atomic E-state index is -0.00907. The number of methoxy groups -OCH3 is 1. The molecule has 0 N–H and O–H groups in total. The largest absolute Gasteiger partial charge is 0.494 e. The summed E-state index contributed by atoms with van der Waals surface area (Å²) < 4.78 is 5.18. The molecule has 0 bridgehead atoms. The molecule has 0 radical (unpaired) electrons. The van der Waals surface area contributed by atoms with Gasteiger partial charge in [-0.25, -0.2) is 0 Å². The smallest absolute Gasteiger partial charge is 0.257 e. The molecule has 4 nitrogen and oxygen atoms in total. The summed E-state index contributed by atoms with van der Waals surface area (Å²) in [6, 6.07) is 1.86. The van der Waals surface area contributed by atoms with Gasteiger partial charge in [-0.3, -0.25) is 9.78 Å². The summed E-state index contributed by atoms with van der Waals surface area (Å²) in [5.41, 5.74) is 0.566. The Balaban J connectivity index is 2.94. The molecule has 1 amide bonds. The van der Waals surface area contributed by atoms with Crippen molar-refractivity contribution in [1.29, 1.82) is 0 Å². The molecule has 0 aliphatic rings. The van der Waals surface area contributed by atoms with Crippen LogP contribution in [-0.2, 0) is 0 Å². The van der Waals surface area contributed by atoms with Gasteiger partial charge in [0.1, 0.15) is 5.75 Å². The number of hydrogen-bond acceptors (Lipinski definition) is 3. The van der Waals surface area contributed by atoms with Crippen molar-refractivity contribution >= 4 is 21.8 Å². The summed E-state index contributed by atoms with van der Waals surface area (Å²) in [4.78, 5) is 18.3. The molecule has 1 heterocycles. The van der Waals surface area contributed by atoms with Crippen molar-refractivity contribution < 1.29 is 9.53 Å². The molecular weight excluding hydrogens is 296 g/mol. The highest BCUT2D eigenvalue weighted by molar-refractivity contribution is 9.09. The molecule has 0 saturated heterocycles. The number of alkyl halides is 1. The van der Waals surface area contributed by atoms with Gasteiger partial charge in [0.2, 0.25) is 0 Å². The first kappa shape index (κ1) is 15.0. The van der Waals surface area contributed by atoms with Crippen molar-refractivity contribution in [2.75, 3.05) is 19.0 Å². The van der Waals surface area contributed by atoms with Crippen molar-refractivity contribution in [3.63, 3.8) is 0 Å². The zero-order valence-corrected chi connectivity index (χ0v) is 12.6. The lowest BCUT2D eigenvalue weighted by molar-refractivity contribution is 0.0703. The molecule has 1 aromatic rings. The number of hydrogen-bond donors (Lipinski definition) is 0. The van der Waals surface area contributed by atoms with E-state index in [1.807, 2.05) is 18.7 Å². The van der Waals surface area contributed by atoms with Crippen molar-refractivity contribution in [2.24, 2.45) is 0 Å². The van der Waals surface area contributed by atoms with Crippen LogP contribution in [0, 0.1) is 0 Å². The molecule has 18 heavy (non-hydrogen) atoms. The van der Waals surface area contributed by atoms with Gasteiger partial charge in [0, 0.05) is 24.1 Å². The first-order valence-electron chi connectivity index (χ1n) is 5.96. The maximum atomic E-state index is 12.5. The second kappa shape index (κ2) is 7.36. The third-order valence-corrected chi connectivity index (χ3v) is 3.21. The van der Waals surface area contributed by atoms with Gasteiger partial charge in [-0.15, -0.1) is 0 Å². The van der Waals surface area contributed by atoms with E-state index in [1.165, 1.54) is 0 Å². The average Bonchev–Trinajstić information content (AvgIpc) is 2.38. The van der Waals surface area contributed by atoms with Gasteiger partial charge in [-0.2, -0.15) is 0 Å². The van der Waals surface area contributed by atoms with Gasteiger partial charge in [0.25, 0.3) is 5.91 Å². The van der Waals surface area contributed by atoms with E-state index in [9.17, 15) is 4.79 Å². The van der Waals surface area contributed by atoms with Crippen LogP contribution in [0.25, 0.3) is 0 Å². The molecule has 1 aromatic heterocycles. The van der Waals surface area contributed by atoms with E-state index in [2.05, 4.69) is 20.9 Å². The van der Waals surface area contributed by atoms with Crippen molar-refractivity contribution in [3.05, 3.63) is 24.0 Å². The number of ether oxygens (including phenoxy) is 1. The lowest BCUT2D eigenvalue weighted by Gasteiger charge is -2.27. The van der Waals surface area contributed by atoms with E-state index >= 15 is 0 Å². The van der Waals surface area contributed by atoms with Crippen LogP contribution in [0.15, 0.2) is 18.5 Å². The Bertz CT molecular complexity index is 396. The lowest BCUT2D eigenvalue weighted by Crippen LogP contribution is -2.38. The molecular formula is C13H19BrN2O2. The molecule has 0 atom stereocenters. The van der Waals surface area contributed by atoms with Crippen LogP contribution >= 0.6 is 15.9 Å². The predicted octanol–water partition coefficient (Wildman–Crippen LogP) is 2.73. The number of amides is 1. The van der Waals surface area contributed by atoms with E-state index in [0.717, 1.165) is 18.3 Å². The van der Waals surface area contributed by atoms with Crippen LogP contribution in [0.4, 0.5) is 0 Å². The second-order valence-corrected chi connectivity index (χ2v) is 5.00. The number of aromatic nitrogens is 1. The number of rotatable bonds is 6. The number of nitrogens with zero attached hydrogens (tertiary/aromatic N) is 2. The average molecular weight is 315 g/mol. The summed E-state index contributed by atoms with van der Waals surface area (Å²) in [7, 11) is 1.55. The zero-order chi connectivity index (χ0) is 13.5. The molecule has 0 spiro atoms. The maximum Gasteiger partial charge on any atom is 0.257 e. The Hall–Kier alpha value is -1.10. The third-order valence-electron chi connectivity index (χ3n) is 2.65. The first-order valence-corrected chi connectivity index (χ1v) is 7.09. The fraction of sp³-hybridized carbons (Fsp3) is 0.538. The number of carbonyl (C=O) groups is 1. The van der Waals surface area contributed by atoms with E-state index in [1.54, 1.807) is 25.6 Å². The Morgan fingerprint density at radius 1 is 1.56 bits per heavy atom. The van der Waals surface area contributed by atoms with Crippen LogP contribution in [0.1, 0.15) is 30.6 Å². The van der Waals surface area contributed by atoms with Gasteiger partial charge >= 0.3 is 0 Å². The van der Waals surface area contributed by atoms with Crippen LogP contribution < -0.4 is 4.74 Å². The fourth-order valence-corrected chi connectivity index (χ4v) is 1.95. The van der Waals surface area contributed by atoms with Crippen molar-refractivity contribution in [2.45, 2.75) is 26.3 Å². The summed E-state index contributed by atoms with van der Waals surface area (Å²) in [5.74, 6) is 0.511. The Morgan fingerprint density at radius 2 is 2.28 bits per heavy atom. The zero-order valence-electron chi connectivity index (χ0n) is 11.0. The molecule has 0 aromatic carbocycles. The van der Waals surface area contributed by atoms with Crippen molar-refractivity contribution in [3.8, 4) is 5.75 Å². The topological polar surface area (TPSA) is 42.4 Å². The Kier molecular flexibility index (Phi) is 6.12. The third kappa shape index (κ3) is 3.70. The summed E-state index contributed by atoms with van der Waals surface area (Å²) in [6.45, 7) is 4.76. The summed E-state index contributed by atoms with van der Waals surface area (Å²) in [6.07, 6.45) is 4.10. The molecule has 0 fully saturated rings. The predicted molar refractivity (Wildman–Crippen MR) is 75.4 cm³/mol. The van der Waals surface area contributed by atoms with Crippen molar-refractivity contribution in [1.82, 2.24) is 9.88 Å². The highest BCUT2D eigenvalue weighted by Crippen LogP contribution is 2.19.